The molecule has 0 amide bonds. The van der Waals surface area contributed by atoms with E-state index >= 15 is 0 Å². The van der Waals surface area contributed by atoms with Crippen molar-refractivity contribution in [1.29, 1.82) is 0 Å². The molecule has 0 aliphatic heterocycles. The lowest BCUT2D eigenvalue weighted by Gasteiger charge is -1.96. The smallest absolute Gasteiger partial charge is 0.222 e. The van der Waals surface area contributed by atoms with Gasteiger partial charge in [-0.3, -0.25) is 0 Å². The van der Waals surface area contributed by atoms with Crippen LogP contribution in [0.4, 0.5) is 5.95 Å². The fourth-order valence-corrected chi connectivity index (χ4v) is 1.27. The Morgan fingerprint density at radius 1 is 1.40 bits per heavy atom. The van der Waals surface area contributed by atoms with Crippen molar-refractivity contribution < 1.29 is 0 Å². The molecule has 2 rings (SSSR count). The van der Waals surface area contributed by atoms with Crippen molar-refractivity contribution in [3.8, 4) is 11.8 Å². The largest absolute Gasteiger partial charge is 0.368 e. The van der Waals surface area contributed by atoms with Gasteiger partial charge in [0.2, 0.25) is 5.95 Å². The first-order chi connectivity index (χ1) is 7.31. The molecule has 0 saturated heterocycles. The normalized spacial score (nSPS) is 9.93. The molecule has 2 heterocycles. The molecule has 5 nitrogen and oxygen atoms in total. The summed E-state index contributed by atoms with van der Waals surface area (Å²) in [6.07, 6.45) is 3.24. The summed E-state index contributed by atoms with van der Waals surface area (Å²) in [5.41, 5.74) is 6.88. The van der Waals surface area contributed by atoms with E-state index in [4.69, 9.17) is 17.3 Å². The number of rotatable bonds is 1. The van der Waals surface area contributed by atoms with Gasteiger partial charge in [-0.15, -0.1) is 11.6 Å². The van der Waals surface area contributed by atoms with E-state index in [0.717, 1.165) is 0 Å². The van der Waals surface area contributed by atoms with Crippen molar-refractivity contribution >= 4 is 28.7 Å². The number of fused-ring (bicyclic) bond motifs is 1. The lowest BCUT2D eigenvalue weighted by atomic mass is 10.5. The number of hydrogen-bond donors (Lipinski definition) is 1. The molecule has 76 valence electrons. The monoisotopic (exact) mass is 221 g/mol. The van der Waals surface area contributed by atoms with Crippen LogP contribution < -0.4 is 5.73 Å². The highest BCUT2D eigenvalue weighted by Crippen LogP contribution is 2.08. The van der Waals surface area contributed by atoms with Crippen molar-refractivity contribution in [2.75, 3.05) is 11.6 Å². The Bertz CT molecular complexity index is 536. The third-order valence-corrected chi connectivity index (χ3v) is 1.95. The quantitative estimate of drug-likeness (QED) is 0.567. The Hall–Kier alpha value is -1.80. The molecule has 0 bridgehead atoms. The molecule has 2 N–H and O–H groups in total. The number of nitrogens with two attached hydrogens (primary N) is 1. The molecule has 0 atom stereocenters. The number of nitrogen functional groups attached to an aromatic ring is 1. The zero-order valence-electron chi connectivity index (χ0n) is 7.81. The molecule has 6 heteroatoms. The van der Waals surface area contributed by atoms with Crippen LogP contribution in [0.3, 0.4) is 0 Å². The first kappa shape index (κ1) is 9.74. The van der Waals surface area contributed by atoms with Gasteiger partial charge in [-0.25, -0.2) is 9.97 Å². The van der Waals surface area contributed by atoms with Gasteiger partial charge in [0, 0.05) is 0 Å². The van der Waals surface area contributed by atoms with E-state index in [1.807, 2.05) is 0 Å². The fraction of sp³-hybridized carbons (Fsp3) is 0.222. The molecule has 0 saturated carbocycles. The van der Waals surface area contributed by atoms with E-state index in [1.165, 1.54) is 0 Å². The summed E-state index contributed by atoms with van der Waals surface area (Å²) in [6.45, 7) is 0.500. The zero-order valence-corrected chi connectivity index (χ0v) is 8.57. The molecule has 0 aliphatic carbocycles. The van der Waals surface area contributed by atoms with Gasteiger partial charge in [0.25, 0.3) is 0 Å². The Labute approximate surface area is 91.3 Å². The molecule has 0 spiro atoms. The predicted molar refractivity (Wildman–Crippen MR) is 58.2 cm³/mol. The number of anilines is 1. The van der Waals surface area contributed by atoms with Gasteiger partial charge in [-0.1, -0.05) is 11.8 Å². The Morgan fingerprint density at radius 3 is 3.07 bits per heavy atom. The van der Waals surface area contributed by atoms with Crippen LogP contribution in [0.1, 0.15) is 0 Å². The van der Waals surface area contributed by atoms with Crippen molar-refractivity contribution in [3.63, 3.8) is 0 Å². The van der Waals surface area contributed by atoms with Crippen LogP contribution in [0, 0.1) is 11.8 Å². The van der Waals surface area contributed by atoms with E-state index in [1.54, 1.807) is 17.1 Å². The molecule has 2 aromatic rings. The average molecular weight is 222 g/mol. The summed E-state index contributed by atoms with van der Waals surface area (Å²) in [4.78, 5) is 12.1. The second-order valence-electron chi connectivity index (χ2n) is 2.80. The molecular weight excluding hydrogens is 214 g/mol. The van der Waals surface area contributed by atoms with Crippen LogP contribution in [-0.4, -0.2) is 25.4 Å². The Balaban J connectivity index is 2.39. The topological polar surface area (TPSA) is 69.6 Å². The van der Waals surface area contributed by atoms with Gasteiger partial charge in [-0.05, 0) is 0 Å². The average Bonchev–Trinajstić information content (AvgIpc) is 2.62. The first-order valence-electron chi connectivity index (χ1n) is 4.26. The number of hydrogen-bond acceptors (Lipinski definition) is 4. The van der Waals surface area contributed by atoms with E-state index in [-0.39, 0.29) is 5.95 Å². The van der Waals surface area contributed by atoms with E-state index in [9.17, 15) is 0 Å². The highest BCUT2D eigenvalue weighted by atomic mass is 35.5. The molecule has 0 aromatic carbocycles. The fourth-order valence-electron chi connectivity index (χ4n) is 1.17. The minimum absolute atomic E-state index is 0.231. The number of alkyl halides is 1. The molecule has 0 aliphatic rings. The van der Waals surface area contributed by atoms with E-state index < -0.39 is 0 Å². The molecule has 2 aromatic heterocycles. The summed E-state index contributed by atoms with van der Waals surface area (Å²) >= 11 is 5.44. The number of aromatic nitrogens is 4. The second-order valence-corrected chi connectivity index (χ2v) is 3.06. The maximum absolute atomic E-state index is 5.49. The minimum atomic E-state index is 0.231. The Kier molecular flexibility index (Phi) is 2.70. The van der Waals surface area contributed by atoms with Gasteiger partial charge < -0.3 is 10.3 Å². The third-order valence-electron chi connectivity index (χ3n) is 1.82. The van der Waals surface area contributed by atoms with Crippen molar-refractivity contribution in [1.82, 2.24) is 19.5 Å². The zero-order chi connectivity index (χ0) is 10.7. The van der Waals surface area contributed by atoms with Gasteiger partial charge in [0.05, 0.1) is 24.9 Å². The van der Waals surface area contributed by atoms with Gasteiger partial charge in [-0.2, -0.15) is 4.98 Å². The van der Waals surface area contributed by atoms with Crippen LogP contribution in [0.2, 0.25) is 0 Å². The first-order valence-corrected chi connectivity index (χ1v) is 4.80. The number of halogens is 1. The molecule has 15 heavy (non-hydrogen) atoms. The van der Waals surface area contributed by atoms with Gasteiger partial charge in [0.1, 0.15) is 5.52 Å². The lowest BCUT2D eigenvalue weighted by molar-refractivity contribution is 0.857. The molecular formula is C9H8ClN5. The highest BCUT2D eigenvalue weighted by Gasteiger charge is 2.03. The standard InChI is InChI=1S/C9H8ClN5/c10-3-1-2-4-15-6-13-7-5-12-9(11)14-8(7)15/h5-6H,3-4H2,(H2,11,12,14). The summed E-state index contributed by atoms with van der Waals surface area (Å²) < 4.78 is 1.80. The van der Waals surface area contributed by atoms with Gasteiger partial charge >= 0.3 is 0 Å². The maximum atomic E-state index is 5.49. The summed E-state index contributed by atoms with van der Waals surface area (Å²) in [6, 6.07) is 0. The van der Waals surface area contributed by atoms with Crippen molar-refractivity contribution in [3.05, 3.63) is 12.5 Å². The number of nitrogens with zero attached hydrogens (tertiary/aromatic N) is 4. The second kappa shape index (κ2) is 4.15. The predicted octanol–water partition coefficient (Wildman–Crippen LogP) is 0.651. The van der Waals surface area contributed by atoms with Crippen LogP contribution in [0.25, 0.3) is 11.2 Å². The summed E-state index contributed by atoms with van der Waals surface area (Å²) in [7, 11) is 0. The van der Waals surface area contributed by atoms with Crippen LogP contribution >= 0.6 is 11.6 Å². The summed E-state index contributed by atoms with van der Waals surface area (Å²) in [5.74, 6) is 6.20. The van der Waals surface area contributed by atoms with E-state index in [2.05, 4.69) is 26.8 Å². The van der Waals surface area contributed by atoms with Gasteiger partial charge in [0.15, 0.2) is 5.65 Å². The van der Waals surface area contributed by atoms with Crippen LogP contribution in [0.15, 0.2) is 12.5 Å². The summed E-state index contributed by atoms with van der Waals surface area (Å²) in [5, 5.41) is 0. The SMILES string of the molecule is Nc1ncc2ncn(CC#CCCl)c2n1. The number of imidazole rings is 1. The third kappa shape index (κ3) is 2.00. The Morgan fingerprint density at radius 2 is 2.27 bits per heavy atom. The van der Waals surface area contributed by atoms with Crippen LogP contribution in [-0.2, 0) is 6.54 Å². The minimum Gasteiger partial charge on any atom is -0.368 e. The van der Waals surface area contributed by atoms with Crippen molar-refractivity contribution in [2.45, 2.75) is 6.54 Å². The molecule has 0 radical (unpaired) electrons. The molecule has 0 fully saturated rings. The maximum Gasteiger partial charge on any atom is 0.222 e. The van der Waals surface area contributed by atoms with Crippen LogP contribution in [0.5, 0.6) is 0 Å². The van der Waals surface area contributed by atoms with Crippen molar-refractivity contribution in [2.24, 2.45) is 0 Å². The lowest BCUT2D eigenvalue weighted by Crippen LogP contribution is -1.99. The van der Waals surface area contributed by atoms with E-state index in [0.29, 0.717) is 23.6 Å². The molecule has 0 unspecified atom stereocenters. The highest BCUT2D eigenvalue weighted by molar-refractivity contribution is 6.19.